The Hall–Kier alpha value is -3.52. The van der Waals surface area contributed by atoms with Crippen molar-refractivity contribution < 1.29 is 19.3 Å². The Morgan fingerprint density at radius 2 is 1.94 bits per heavy atom. The van der Waals surface area contributed by atoms with E-state index in [0.717, 1.165) is 16.8 Å². The first-order valence-electron chi connectivity index (χ1n) is 10.2. The summed E-state index contributed by atoms with van der Waals surface area (Å²) in [5.74, 6) is 0.806. The standard InChI is InChI=1S/C23H24N4O4/c1-30-25-19-13-20(14-22-24-21(11-12-28)26-31-22)27(15-19)23(29)18-9-7-17(8-10-18)16-5-3-2-4-6-16/h2-10,20,28H,11-15H2,1H3/b25-19+. The summed E-state index contributed by atoms with van der Waals surface area (Å²) in [6, 6.07) is 17.5. The SMILES string of the molecule is CO/N=C1\CC(Cc2nc(CCO)no2)N(C(=O)c2ccc(-c3ccccc3)cc2)C1. The molecule has 0 bridgehead atoms. The highest BCUT2D eigenvalue weighted by Crippen LogP contribution is 2.24. The lowest BCUT2D eigenvalue weighted by Gasteiger charge is -2.23. The Morgan fingerprint density at radius 3 is 2.65 bits per heavy atom. The number of carbonyl (C=O) groups is 1. The maximum atomic E-state index is 13.3. The topological polar surface area (TPSA) is 101 Å². The summed E-state index contributed by atoms with van der Waals surface area (Å²) in [5, 5.41) is 17.0. The number of hydrogen-bond donors (Lipinski definition) is 1. The third-order valence-electron chi connectivity index (χ3n) is 5.24. The highest BCUT2D eigenvalue weighted by molar-refractivity contribution is 6.00. The molecule has 8 nitrogen and oxygen atoms in total. The average molecular weight is 420 g/mol. The monoisotopic (exact) mass is 420 g/mol. The van der Waals surface area contributed by atoms with Crippen molar-refractivity contribution in [3.8, 4) is 11.1 Å². The fourth-order valence-electron chi connectivity index (χ4n) is 3.77. The molecule has 3 aromatic rings. The molecule has 1 saturated heterocycles. The summed E-state index contributed by atoms with van der Waals surface area (Å²) in [4.78, 5) is 24.3. The van der Waals surface area contributed by atoms with Crippen LogP contribution in [0.5, 0.6) is 0 Å². The summed E-state index contributed by atoms with van der Waals surface area (Å²) < 4.78 is 5.29. The predicted octanol–water partition coefficient (Wildman–Crippen LogP) is 2.73. The zero-order chi connectivity index (χ0) is 21.6. The number of aliphatic hydroxyl groups is 1. The van der Waals surface area contributed by atoms with E-state index < -0.39 is 0 Å². The Labute approximate surface area is 180 Å². The molecule has 160 valence electrons. The molecular formula is C23H24N4O4. The third kappa shape index (κ3) is 4.80. The Balaban J connectivity index is 1.52. The highest BCUT2D eigenvalue weighted by atomic mass is 16.6. The highest BCUT2D eigenvalue weighted by Gasteiger charge is 2.35. The molecule has 1 aliphatic rings. The predicted molar refractivity (Wildman–Crippen MR) is 115 cm³/mol. The molecule has 1 unspecified atom stereocenters. The first-order chi connectivity index (χ1) is 15.2. The average Bonchev–Trinajstić information content (AvgIpc) is 3.41. The van der Waals surface area contributed by atoms with Crippen molar-refractivity contribution in [1.82, 2.24) is 15.0 Å². The molecule has 1 N–H and O–H groups in total. The van der Waals surface area contributed by atoms with E-state index in [0.29, 0.717) is 43.1 Å². The van der Waals surface area contributed by atoms with Gasteiger partial charge < -0.3 is 19.4 Å². The smallest absolute Gasteiger partial charge is 0.254 e. The van der Waals surface area contributed by atoms with Crippen molar-refractivity contribution in [2.45, 2.75) is 25.3 Å². The van der Waals surface area contributed by atoms with Crippen LogP contribution in [0.4, 0.5) is 0 Å². The molecule has 4 rings (SSSR count). The van der Waals surface area contributed by atoms with E-state index in [2.05, 4.69) is 15.3 Å². The molecule has 1 aromatic heterocycles. The lowest BCUT2D eigenvalue weighted by Crippen LogP contribution is -2.37. The number of nitrogens with zero attached hydrogens (tertiary/aromatic N) is 4. The molecule has 2 heterocycles. The second-order valence-electron chi connectivity index (χ2n) is 7.36. The minimum Gasteiger partial charge on any atom is -0.399 e. The van der Waals surface area contributed by atoms with Crippen molar-refractivity contribution >= 4 is 11.6 Å². The van der Waals surface area contributed by atoms with E-state index in [1.54, 1.807) is 4.90 Å². The summed E-state index contributed by atoms with van der Waals surface area (Å²) >= 11 is 0. The van der Waals surface area contributed by atoms with Crippen LogP contribution in [0.3, 0.4) is 0 Å². The molecule has 0 saturated carbocycles. The summed E-state index contributed by atoms with van der Waals surface area (Å²) in [5.41, 5.74) is 3.55. The van der Waals surface area contributed by atoms with E-state index in [-0.39, 0.29) is 18.6 Å². The van der Waals surface area contributed by atoms with Gasteiger partial charge in [-0.3, -0.25) is 4.79 Å². The molecule has 1 fully saturated rings. The molecule has 0 radical (unpaired) electrons. The van der Waals surface area contributed by atoms with Crippen LogP contribution in [0.2, 0.25) is 0 Å². The summed E-state index contributed by atoms with van der Waals surface area (Å²) in [7, 11) is 1.49. The minimum atomic E-state index is -0.169. The zero-order valence-electron chi connectivity index (χ0n) is 17.3. The Kier molecular flexibility index (Phi) is 6.37. The number of carbonyl (C=O) groups excluding carboxylic acids is 1. The lowest BCUT2D eigenvalue weighted by atomic mass is 10.0. The number of likely N-dealkylation sites (tertiary alicyclic amines) is 1. The second-order valence-corrected chi connectivity index (χ2v) is 7.36. The summed E-state index contributed by atoms with van der Waals surface area (Å²) in [6.45, 7) is 0.339. The number of benzene rings is 2. The van der Waals surface area contributed by atoms with Gasteiger partial charge in [0.2, 0.25) is 5.89 Å². The number of rotatable bonds is 7. The molecule has 1 aliphatic heterocycles. The second kappa shape index (κ2) is 9.53. The fourth-order valence-corrected chi connectivity index (χ4v) is 3.77. The van der Waals surface area contributed by atoms with E-state index in [1.165, 1.54) is 7.11 Å². The largest absolute Gasteiger partial charge is 0.399 e. The van der Waals surface area contributed by atoms with E-state index in [1.807, 2.05) is 54.6 Å². The summed E-state index contributed by atoms with van der Waals surface area (Å²) in [6.07, 6.45) is 1.31. The van der Waals surface area contributed by atoms with Crippen LogP contribution < -0.4 is 0 Å². The number of aromatic nitrogens is 2. The van der Waals surface area contributed by atoms with E-state index in [9.17, 15) is 4.79 Å². The van der Waals surface area contributed by atoms with Gasteiger partial charge in [-0.15, -0.1) is 0 Å². The molecule has 8 heteroatoms. The van der Waals surface area contributed by atoms with Gasteiger partial charge in [-0.05, 0) is 23.3 Å². The maximum absolute atomic E-state index is 13.3. The zero-order valence-corrected chi connectivity index (χ0v) is 17.3. The van der Waals surface area contributed by atoms with Crippen molar-refractivity contribution in [1.29, 1.82) is 0 Å². The molecule has 0 spiro atoms. The molecule has 1 atom stereocenters. The van der Waals surface area contributed by atoms with Gasteiger partial charge in [0.25, 0.3) is 5.91 Å². The van der Waals surface area contributed by atoms with Gasteiger partial charge in [-0.25, -0.2) is 0 Å². The molecule has 1 amide bonds. The van der Waals surface area contributed by atoms with E-state index >= 15 is 0 Å². The minimum absolute atomic E-state index is 0.0450. The van der Waals surface area contributed by atoms with Crippen molar-refractivity contribution in [3.63, 3.8) is 0 Å². The van der Waals surface area contributed by atoms with Gasteiger partial charge in [0.05, 0.1) is 18.9 Å². The van der Waals surface area contributed by atoms with Gasteiger partial charge in [-0.1, -0.05) is 52.8 Å². The molecule has 31 heavy (non-hydrogen) atoms. The number of hydrogen-bond acceptors (Lipinski definition) is 7. The fraction of sp³-hybridized carbons (Fsp3) is 0.304. The number of amides is 1. The van der Waals surface area contributed by atoms with Crippen molar-refractivity contribution in [2.75, 3.05) is 20.3 Å². The third-order valence-corrected chi connectivity index (χ3v) is 5.24. The van der Waals surface area contributed by atoms with Crippen LogP contribution in [0.1, 0.15) is 28.5 Å². The van der Waals surface area contributed by atoms with Crippen LogP contribution in [-0.4, -0.2) is 58.1 Å². The number of aliphatic hydroxyl groups excluding tert-OH is 1. The normalized spacial score (nSPS) is 17.3. The Bertz CT molecular complexity index is 1050. The number of oxime groups is 1. The van der Waals surface area contributed by atoms with Crippen LogP contribution in [0, 0.1) is 0 Å². The first kappa shape index (κ1) is 20.7. The van der Waals surface area contributed by atoms with E-state index in [4.69, 9.17) is 14.5 Å². The van der Waals surface area contributed by atoms with Crippen molar-refractivity contribution in [2.24, 2.45) is 5.16 Å². The lowest BCUT2D eigenvalue weighted by molar-refractivity contribution is 0.0735. The molecular weight excluding hydrogens is 396 g/mol. The van der Waals surface area contributed by atoms with Crippen LogP contribution in [0.15, 0.2) is 64.3 Å². The van der Waals surface area contributed by atoms with Crippen molar-refractivity contribution in [3.05, 3.63) is 71.9 Å². The van der Waals surface area contributed by atoms with Gasteiger partial charge >= 0.3 is 0 Å². The van der Waals surface area contributed by atoms with Gasteiger partial charge in [0, 0.05) is 30.9 Å². The van der Waals surface area contributed by atoms with Gasteiger partial charge in [0.15, 0.2) is 5.82 Å². The first-order valence-corrected chi connectivity index (χ1v) is 10.2. The Morgan fingerprint density at radius 1 is 1.19 bits per heavy atom. The maximum Gasteiger partial charge on any atom is 0.254 e. The molecule has 2 aromatic carbocycles. The van der Waals surface area contributed by atoms with Gasteiger partial charge in [-0.2, -0.15) is 4.98 Å². The quantitative estimate of drug-likeness (QED) is 0.590. The van der Waals surface area contributed by atoms with Crippen LogP contribution >= 0.6 is 0 Å². The van der Waals surface area contributed by atoms with Gasteiger partial charge in [0.1, 0.15) is 7.11 Å². The van der Waals surface area contributed by atoms with Crippen LogP contribution in [0.25, 0.3) is 11.1 Å². The molecule has 0 aliphatic carbocycles. The van der Waals surface area contributed by atoms with Crippen LogP contribution in [-0.2, 0) is 17.7 Å².